The minimum absolute atomic E-state index is 0.237. The van der Waals surface area contributed by atoms with Crippen molar-refractivity contribution in [1.82, 2.24) is 4.98 Å². The Labute approximate surface area is 159 Å². The van der Waals surface area contributed by atoms with Crippen LogP contribution in [-0.2, 0) is 4.74 Å². The van der Waals surface area contributed by atoms with E-state index in [2.05, 4.69) is 15.6 Å². The lowest BCUT2D eigenvalue weighted by molar-refractivity contribution is 0.0526. The van der Waals surface area contributed by atoms with Crippen LogP contribution >= 0.6 is 0 Å². The molecule has 27 heavy (non-hydrogen) atoms. The number of nitrogens with zero attached hydrogens (tertiary/aromatic N) is 1. The number of nitrogens with one attached hydrogen (secondary N) is 2. The van der Waals surface area contributed by atoms with Gasteiger partial charge in [-0.05, 0) is 50.1 Å². The molecule has 142 valence electrons. The summed E-state index contributed by atoms with van der Waals surface area (Å²) in [4.78, 5) is 28.4. The second kappa shape index (κ2) is 9.16. The average molecular weight is 367 g/mol. The maximum atomic E-state index is 12.5. The van der Waals surface area contributed by atoms with Crippen molar-refractivity contribution in [3.63, 3.8) is 0 Å². The molecule has 1 aromatic carbocycles. The molecule has 1 aliphatic rings. The Bertz CT molecular complexity index is 784. The highest BCUT2D eigenvalue weighted by molar-refractivity contribution is 6.04. The molecule has 0 spiro atoms. The van der Waals surface area contributed by atoms with Gasteiger partial charge in [-0.1, -0.05) is 19.3 Å². The topological polar surface area (TPSA) is 80.3 Å². The molecule has 1 heterocycles. The summed E-state index contributed by atoms with van der Waals surface area (Å²) in [5.41, 5.74) is 2.42. The number of aromatic nitrogens is 1. The van der Waals surface area contributed by atoms with Crippen LogP contribution in [0.5, 0.6) is 0 Å². The van der Waals surface area contributed by atoms with E-state index in [1.54, 1.807) is 43.6 Å². The van der Waals surface area contributed by atoms with Gasteiger partial charge in [-0.25, -0.2) is 4.79 Å². The van der Waals surface area contributed by atoms with Crippen molar-refractivity contribution in [1.29, 1.82) is 0 Å². The number of esters is 1. The van der Waals surface area contributed by atoms with Gasteiger partial charge in [-0.3, -0.25) is 9.78 Å². The van der Waals surface area contributed by atoms with Gasteiger partial charge >= 0.3 is 5.97 Å². The SMILES string of the molecule is CCOC(=O)c1ccc(NC(=O)c2cncc(NC3CCCCC3)c2)cc1. The van der Waals surface area contributed by atoms with Gasteiger partial charge in [-0.15, -0.1) is 0 Å². The Balaban J connectivity index is 1.62. The second-order valence-electron chi connectivity index (χ2n) is 6.69. The van der Waals surface area contributed by atoms with E-state index in [0.29, 0.717) is 29.5 Å². The Morgan fingerprint density at radius 2 is 1.78 bits per heavy atom. The number of benzene rings is 1. The molecule has 1 amide bonds. The lowest BCUT2D eigenvalue weighted by Crippen LogP contribution is -2.22. The van der Waals surface area contributed by atoms with Crippen LogP contribution in [0.2, 0.25) is 0 Å². The highest BCUT2D eigenvalue weighted by Gasteiger charge is 2.14. The van der Waals surface area contributed by atoms with Crippen LogP contribution in [0, 0.1) is 0 Å². The quantitative estimate of drug-likeness (QED) is 0.746. The zero-order valence-electron chi connectivity index (χ0n) is 15.5. The summed E-state index contributed by atoms with van der Waals surface area (Å²) in [6, 6.07) is 8.90. The van der Waals surface area contributed by atoms with Crippen LogP contribution in [0.3, 0.4) is 0 Å². The number of rotatable bonds is 6. The molecular weight excluding hydrogens is 342 g/mol. The van der Waals surface area contributed by atoms with Crippen LogP contribution < -0.4 is 10.6 Å². The Hall–Kier alpha value is -2.89. The zero-order valence-corrected chi connectivity index (χ0v) is 15.5. The maximum Gasteiger partial charge on any atom is 0.338 e. The lowest BCUT2D eigenvalue weighted by atomic mass is 9.95. The van der Waals surface area contributed by atoms with Crippen LogP contribution in [0.15, 0.2) is 42.7 Å². The van der Waals surface area contributed by atoms with Crippen molar-refractivity contribution >= 4 is 23.3 Å². The molecule has 1 aliphatic carbocycles. The fourth-order valence-corrected chi connectivity index (χ4v) is 3.23. The van der Waals surface area contributed by atoms with E-state index in [0.717, 1.165) is 18.5 Å². The number of carbonyl (C=O) groups is 2. The molecule has 1 fully saturated rings. The normalized spacial score (nSPS) is 14.4. The van der Waals surface area contributed by atoms with Gasteiger partial charge < -0.3 is 15.4 Å². The zero-order chi connectivity index (χ0) is 19.1. The molecule has 0 atom stereocenters. The number of ether oxygens (including phenoxy) is 1. The van der Waals surface area contributed by atoms with Crippen molar-refractivity contribution in [2.75, 3.05) is 17.2 Å². The number of hydrogen-bond acceptors (Lipinski definition) is 5. The summed E-state index contributed by atoms with van der Waals surface area (Å²) in [5, 5.41) is 6.31. The van der Waals surface area contributed by atoms with Crippen LogP contribution in [0.25, 0.3) is 0 Å². The molecule has 1 aromatic heterocycles. The molecule has 3 rings (SSSR count). The first kappa shape index (κ1) is 18.9. The first-order valence-electron chi connectivity index (χ1n) is 9.46. The number of amides is 1. The third kappa shape index (κ3) is 5.29. The molecule has 0 unspecified atom stereocenters. The molecule has 1 saturated carbocycles. The number of pyridine rings is 1. The van der Waals surface area contributed by atoms with Gasteiger partial charge in [0, 0.05) is 24.1 Å². The van der Waals surface area contributed by atoms with Gasteiger partial charge in [0.1, 0.15) is 0 Å². The van der Waals surface area contributed by atoms with Gasteiger partial charge in [0.2, 0.25) is 0 Å². The molecule has 0 saturated heterocycles. The minimum atomic E-state index is -0.374. The fraction of sp³-hybridized carbons (Fsp3) is 0.381. The molecule has 0 aliphatic heterocycles. The Morgan fingerprint density at radius 1 is 1.04 bits per heavy atom. The van der Waals surface area contributed by atoms with Gasteiger partial charge in [0.25, 0.3) is 5.91 Å². The number of carbonyl (C=O) groups excluding carboxylic acids is 2. The third-order valence-corrected chi connectivity index (χ3v) is 4.63. The van der Waals surface area contributed by atoms with Crippen LogP contribution in [0.4, 0.5) is 11.4 Å². The third-order valence-electron chi connectivity index (χ3n) is 4.63. The predicted octanol–water partition coefficient (Wildman–Crippen LogP) is 4.26. The summed E-state index contributed by atoms with van der Waals surface area (Å²) in [7, 11) is 0. The monoisotopic (exact) mass is 367 g/mol. The van der Waals surface area contributed by atoms with Crippen LogP contribution in [-0.4, -0.2) is 29.5 Å². The predicted molar refractivity (Wildman–Crippen MR) is 105 cm³/mol. The lowest BCUT2D eigenvalue weighted by Gasteiger charge is -2.23. The van der Waals surface area contributed by atoms with E-state index < -0.39 is 0 Å². The Morgan fingerprint density at radius 3 is 2.48 bits per heavy atom. The van der Waals surface area contributed by atoms with Gasteiger partial charge in [-0.2, -0.15) is 0 Å². The molecule has 0 bridgehead atoms. The van der Waals surface area contributed by atoms with E-state index >= 15 is 0 Å². The molecular formula is C21H25N3O3. The van der Waals surface area contributed by atoms with Gasteiger partial charge in [0.15, 0.2) is 0 Å². The summed E-state index contributed by atoms with van der Waals surface area (Å²) >= 11 is 0. The summed E-state index contributed by atoms with van der Waals surface area (Å²) in [6.45, 7) is 2.09. The van der Waals surface area contributed by atoms with Crippen molar-refractivity contribution in [2.45, 2.75) is 45.1 Å². The molecule has 0 radical (unpaired) electrons. The Kier molecular flexibility index (Phi) is 6.41. The standard InChI is InChI=1S/C21H25N3O3/c1-2-27-21(26)15-8-10-18(11-9-15)24-20(25)16-12-19(14-22-13-16)23-17-6-4-3-5-7-17/h8-14,17,23H,2-7H2,1H3,(H,24,25). The van der Waals surface area contributed by atoms with E-state index in [-0.39, 0.29) is 11.9 Å². The van der Waals surface area contributed by atoms with Crippen molar-refractivity contribution in [3.05, 3.63) is 53.9 Å². The molecule has 6 heteroatoms. The molecule has 2 N–H and O–H groups in total. The largest absolute Gasteiger partial charge is 0.462 e. The number of hydrogen-bond donors (Lipinski definition) is 2. The van der Waals surface area contributed by atoms with Gasteiger partial charge in [0.05, 0.1) is 23.4 Å². The molecule has 6 nitrogen and oxygen atoms in total. The maximum absolute atomic E-state index is 12.5. The highest BCUT2D eigenvalue weighted by Crippen LogP contribution is 2.22. The molecule has 2 aromatic rings. The van der Waals surface area contributed by atoms with E-state index in [4.69, 9.17) is 4.74 Å². The summed E-state index contributed by atoms with van der Waals surface area (Å²) < 4.78 is 4.95. The number of anilines is 2. The first-order valence-corrected chi connectivity index (χ1v) is 9.46. The fourth-order valence-electron chi connectivity index (χ4n) is 3.23. The summed E-state index contributed by atoms with van der Waals surface area (Å²) in [6.07, 6.45) is 9.40. The van der Waals surface area contributed by atoms with Crippen molar-refractivity contribution in [2.24, 2.45) is 0 Å². The van der Waals surface area contributed by atoms with Crippen molar-refractivity contribution in [3.8, 4) is 0 Å². The summed E-state index contributed by atoms with van der Waals surface area (Å²) in [5.74, 6) is -0.611. The van der Waals surface area contributed by atoms with E-state index in [1.807, 2.05) is 6.07 Å². The highest BCUT2D eigenvalue weighted by atomic mass is 16.5. The van der Waals surface area contributed by atoms with Crippen molar-refractivity contribution < 1.29 is 14.3 Å². The van der Waals surface area contributed by atoms with E-state index in [1.165, 1.54) is 19.3 Å². The minimum Gasteiger partial charge on any atom is -0.462 e. The smallest absolute Gasteiger partial charge is 0.338 e. The van der Waals surface area contributed by atoms with E-state index in [9.17, 15) is 9.59 Å². The second-order valence-corrected chi connectivity index (χ2v) is 6.69. The first-order chi connectivity index (χ1) is 13.2. The average Bonchev–Trinajstić information content (AvgIpc) is 2.70. The van der Waals surface area contributed by atoms with Crippen LogP contribution in [0.1, 0.15) is 59.7 Å².